The molecule has 1 fully saturated rings. The van der Waals surface area contributed by atoms with Crippen molar-refractivity contribution < 1.29 is 14.6 Å². The number of carbonyl (C=O) groups is 1. The molecule has 0 aromatic carbocycles. The normalized spacial score (nSPS) is 27.6. The Balaban J connectivity index is 2.29. The molecule has 18 heavy (non-hydrogen) atoms. The highest BCUT2D eigenvalue weighted by atomic mass is 16.5. The molecule has 0 bridgehead atoms. The molecule has 1 saturated heterocycles. The standard InChI is InChI=1S/C13H20N2O3/c1-4-10-7-11(15(3)14-10)8-13(12(16)17)5-6-18-9(13)2/h7,9H,4-6,8H2,1-3H3,(H,16,17). The van der Waals surface area contributed by atoms with Gasteiger partial charge in [0.15, 0.2) is 0 Å². The summed E-state index contributed by atoms with van der Waals surface area (Å²) in [7, 11) is 1.87. The fraction of sp³-hybridized carbons (Fsp3) is 0.692. The summed E-state index contributed by atoms with van der Waals surface area (Å²) in [5.74, 6) is -0.772. The molecule has 0 saturated carbocycles. The predicted molar refractivity (Wildman–Crippen MR) is 66.4 cm³/mol. The van der Waals surface area contributed by atoms with Crippen molar-refractivity contribution in [3.05, 3.63) is 17.5 Å². The highest BCUT2D eigenvalue weighted by Crippen LogP contribution is 2.38. The van der Waals surface area contributed by atoms with Crippen LogP contribution in [0.4, 0.5) is 0 Å². The lowest BCUT2D eigenvalue weighted by molar-refractivity contribution is -0.151. The first-order valence-corrected chi connectivity index (χ1v) is 6.36. The largest absolute Gasteiger partial charge is 0.481 e. The molecule has 2 atom stereocenters. The van der Waals surface area contributed by atoms with E-state index >= 15 is 0 Å². The summed E-state index contributed by atoms with van der Waals surface area (Å²) in [4.78, 5) is 11.6. The van der Waals surface area contributed by atoms with Crippen LogP contribution >= 0.6 is 0 Å². The Morgan fingerprint density at radius 2 is 2.44 bits per heavy atom. The van der Waals surface area contributed by atoms with E-state index in [9.17, 15) is 9.90 Å². The van der Waals surface area contributed by atoms with E-state index in [4.69, 9.17) is 4.74 Å². The number of ether oxygens (including phenoxy) is 1. The molecule has 1 N–H and O–H groups in total. The van der Waals surface area contributed by atoms with Gasteiger partial charge in [0, 0.05) is 25.8 Å². The molecule has 1 aliphatic heterocycles. The van der Waals surface area contributed by atoms with Gasteiger partial charge in [0.05, 0.1) is 11.8 Å². The van der Waals surface area contributed by atoms with Crippen LogP contribution < -0.4 is 0 Å². The molecule has 0 aliphatic carbocycles. The van der Waals surface area contributed by atoms with Crippen molar-refractivity contribution in [1.29, 1.82) is 0 Å². The van der Waals surface area contributed by atoms with Crippen LogP contribution in [0.5, 0.6) is 0 Å². The van der Waals surface area contributed by atoms with E-state index < -0.39 is 11.4 Å². The lowest BCUT2D eigenvalue weighted by atomic mass is 9.77. The van der Waals surface area contributed by atoms with Gasteiger partial charge in [-0.2, -0.15) is 5.10 Å². The molecular weight excluding hydrogens is 232 g/mol. The maximum Gasteiger partial charge on any atom is 0.312 e. The van der Waals surface area contributed by atoms with E-state index in [1.54, 1.807) is 4.68 Å². The second kappa shape index (κ2) is 4.72. The number of aryl methyl sites for hydroxylation is 2. The topological polar surface area (TPSA) is 64.3 Å². The van der Waals surface area contributed by atoms with Crippen LogP contribution in [0.3, 0.4) is 0 Å². The first kappa shape index (κ1) is 13.1. The second-order valence-corrected chi connectivity index (χ2v) is 5.01. The van der Waals surface area contributed by atoms with Gasteiger partial charge in [-0.05, 0) is 25.8 Å². The first-order chi connectivity index (χ1) is 8.49. The third-order valence-corrected chi connectivity index (χ3v) is 4.01. The number of nitrogens with zero attached hydrogens (tertiary/aromatic N) is 2. The van der Waals surface area contributed by atoms with Crippen LogP contribution in [0.15, 0.2) is 6.07 Å². The zero-order valence-electron chi connectivity index (χ0n) is 11.1. The van der Waals surface area contributed by atoms with Crippen molar-refractivity contribution in [2.75, 3.05) is 6.61 Å². The predicted octanol–water partition coefficient (Wildman–Crippen LogP) is 1.40. The number of aromatic nitrogens is 2. The molecule has 1 aromatic heterocycles. The van der Waals surface area contributed by atoms with Crippen molar-refractivity contribution in [2.24, 2.45) is 12.5 Å². The minimum absolute atomic E-state index is 0.255. The smallest absolute Gasteiger partial charge is 0.312 e. The molecule has 2 rings (SSSR count). The maximum absolute atomic E-state index is 11.6. The Morgan fingerprint density at radius 1 is 1.72 bits per heavy atom. The monoisotopic (exact) mass is 252 g/mol. The van der Waals surface area contributed by atoms with Gasteiger partial charge >= 0.3 is 5.97 Å². The zero-order valence-corrected chi connectivity index (χ0v) is 11.1. The Bertz CT molecular complexity index is 455. The molecular formula is C13H20N2O3. The third-order valence-electron chi connectivity index (χ3n) is 4.01. The SMILES string of the molecule is CCc1cc(CC2(C(=O)O)CCOC2C)n(C)n1. The van der Waals surface area contributed by atoms with Gasteiger partial charge in [-0.3, -0.25) is 9.48 Å². The average molecular weight is 252 g/mol. The average Bonchev–Trinajstić information content (AvgIpc) is 2.85. The highest BCUT2D eigenvalue weighted by molar-refractivity contribution is 5.76. The van der Waals surface area contributed by atoms with Gasteiger partial charge < -0.3 is 9.84 Å². The lowest BCUT2D eigenvalue weighted by Crippen LogP contribution is -2.40. The summed E-state index contributed by atoms with van der Waals surface area (Å²) in [5, 5.41) is 13.9. The minimum atomic E-state index is -0.807. The molecule has 0 radical (unpaired) electrons. The van der Waals surface area contributed by atoms with Gasteiger partial charge in [-0.25, -0.2) is 0 Å². The van der Waals surface area contributed by atoms with Crippen LogP contribution in [-0.4, -0.2) is 33.6 Å². The minimum Gasteiger partial charge on any atom is -0.481 e. The fourth-order valence-electron chi connectivity index (χ4n) is 2.60. The zero-order chi connectivity index (χ0) is 13.3. The van der Waals surface area contributed by atoms with Gasteiger partial charge in [0.25, 0.3) is 0 Å². The summed E-state index contributed by atoms with van der Waals surface area (Å²) in [5.41, 5.74) is 1.16. The van der Waals surface area contributed by atoms with Crippen LogP contribution in [0.25, 0.3) is 0 Å². The van der Waals surface area contributed by atoms with E-state index in [-0.39, 0.29) is 6.10 Å². The van der Waals surface area contributed by atoms with Crippen molar-refractivity contribution in [2.45, 2.75) is 39.2 Å². The van der Waals surface area contributed by atoms with Crippen LogP contribution in [0, 0.1) is 5.41 Å². The highest BCUT2D eigenvalue weighted by Gasteiger charge is 2.48. The first-order valence-electron chi connectivity index (χ1n) is 6.36. The second-order valence-electron chi connectivity index (χ2n) is 5.01. The number of carboxylic acids is 1. The summed E-state index contributed by atoms with van der Waals surface area (Å²) in [6.45, 7) is 4.41. The molecule has 5 heteroatoms. The molecule has 1 aliphatic rings. The Kier molecular flexibility index (Phi) is 3.43. The van der Waals surface area contributed by atoms with Gasteiger partial charge in [0.2, 0.25) is 0 Å². The fourth-order valence-corrected chi connectivity index (χ4v) is 2.60. The number of aliphatic carboxylic acids is 1. The molecule has 5 nitrogen and oxygen atoms in total. The Labute approximate surface area is 107 Å². The molecule has 2 unspecified atom stereocenters. The van der Waals surface area contributed by atoms with Crippen molar-refractivity contribution >= 4 is 5.97 Å². The van der Waals surface area contributed by atoms with E-state index in [2.05, 4.69) is 5.10 Å². The molecule has 100 valence electrons. The van der Waals surface area contributed by atoms with E-state index in [0.717, 1.165) is 17.8 Å². The van der Waals surface area contributed by atoms with Crippen LogP contribution in [0.2, 0.25) is 0 Å². The lowest BCUT2D eigenvalue weighted by Gasteiger charge is -2.27. The number of hydrogen-bond donors (Lipinski definition) is 1. The molecule has 0 amide bonds. The Hall–Kier alpha value is -1.36. The third kappa shape index (κ3) is 2.03. The van der Waals surface area contributed by atoms with Crippen LogP contribution in [0.1, 0.15) is 31.7 Å². The Morgan fingerprint density at radius 3 is 2.89 bits per heavy atom. The summed E-state index contributed by atoms with van der Waals surface area (Å²) < 4.78 is 7.25. The molecule has 2 heterocycles. The number of carboxylic acid groups (broad SMARTS) is 1. The number of rotatable bonds is 4. The van der Waals surface area contributed by atoms with Crippen LogP contribution in [-0.2, 0) is 29.4 Å². The van der Waals surface area contributed by atoms with Gasteiger partial charge in [0.1, 0.15) is 5.41 Å². The summed E-state index contributed by atoms with van der Waals surface area (Å²) in [6.07, 6.45) is 1.65. The summed E-state index contributed by atoms with van der Waals surface area (Å²) >= 11 is 0. The van der Waals surface area contributed by atoms with E-state index in [0.29, 0.717) is 19.4 Å². The quantitative estimate of drug-likeness (QED) is 0.880. The number of hydrogen-bond acceptors (Lipinski definition) is 3. The van der Waals surface area contributed by atoms with Crippen molar-refractivity contribution in [1.82, 2.24) is 9.78 Å². The summed E-state index contributed by atoms with van der Waals surface area (Å²) in [6, 6.07) is 2.00. The van der Waals surface area contributed by atoms with E-state index in [1.807, 2.05) is 27.0 Å². The van der Waals surface area contributed by atoms with Crippen molar-refractivity contribution in [3.8, 4) is 0 Å². The molecule has 0 spiro atoms. The maximum atomic E-state index is 11.6. The van der Waals surface area contributed by atoms with Gasteiger partial charge in [-0.1, -0.05) is 6.92 Å². The van der Waals surface area contributed by atoms with Gasteiger partial charge in [-0.15, -0.1) is 0 Å². The van der Waals surface area contributed by atoms with Crippen molar-refractivity contribution in [3.63, 3.8) is 0 Å². The van der Waals surface area contributed by atoms with E-state index in [1.165, 1.54) is 0 Å². The molecule has 1 aromatic rings.